The molecule has 0 fully saturated rings. The molecule has 5 nitrogen and oxygen atoms in total. The van der Waals surface area contributed by atoms with Gasteiger partial charge in [0.15, 0.2) is 11.6 Å². The number of halogens is 2. The Morgan fingerprint density at radius 3 is 2.65 bits per heavy atom. The molecule has 0 atom stereocenters. The van der Waals surface area contributed by atoms with Gasteiger partial charge in [-0.2, -0.15) is 0 Å². The van der Waals surface area contributed by atoms with Gasteiger partial charge in [-0.25, -0.2) is 18.7 Å². The van der Waals surface area contributed by atoms with E-state index in [0.29, 0.717) is 30.5 Å². The number of benzene rings is 1. The molecule has 0 saturated heterocycles. The van der Waals surface area contributed by atoms with Crippen molar-refractivity contribution in [2.75, 3.05) is 30.9 Å². The van der Waals surface area contributed by atoms with Gasteiger partial charge in [0.2, 0.25) is 0 Å². The number of methoxy groups -OCH3 is 1. The number of rotatable bonds is 6. The van der Waals surface area contributed by atoms with Crippen molar-refractivity contribution in [3.05, 3.63) is 42.2 Å². The van der Waals surface area contributed by atoms with Crippen LogP contribution in [0.4, 0.5) is 26.1 Å². The van der Waals surface area contributed by atoms with Crippen molar-refractivity contribution in [2.24, 2.45) is 0 Å². The molecule has 0 spiro atoms. The zero-order chi connectivity index (χ0) is 14.4. The van der Waals surface area contributed by atoms with E-state index < -0.39 is 11.6 Å². The molecule has 0 amide bonds. The highest BCUT2D eigenvalue weighted by Crippen LogP contribution is 2.18. The molecule has 1 aromatic heterocycles. The van der Waals surface area contributed by atoms with Gasteiger partial charge in [-0.05, 0) is 12.1 Å². The van der Waals surface area contributed by atoms with Gasteiger partial charge in [-0.1, -0.05) is 0 Å². The first-order chi connectivity index (χ1) is 9.69. The van der Waals surface area contributed by atoms with E-state index in [1.54, 1.807) is 13.2 Å². The summed E-state index contributed by atoms with van der Waals surface area (Å²) in [5.41, 5.74) is 0.408. The second kappa shape index (κ2) is 6.76. The monoisotopic (exact) mass is 280 g/mol. The summed E-state index contributed by atoms with van der Waals surface area (Å²) >= 11 is 0. The smallest absolute Gasteiger partial charge is 0.160 e. The average molecular weight is 280 g/mol. The third kappa shape index (κ3) is 3.86. The molecule has 0 bridgehead atoms. The first-order valence-corrected chi connectivity index (χ1v) is 5.96. The van der Waals surface area contributed by atoms with E-state index in [-0.39, 0.29) is 0 Å². The van der Waals surface area contributed by atoms with E-state index in [0.717, 1.165) is 12.1 Å². The van der Waals surface area contributed by atoms with Crippen LogP contribution in [0.5, 0.6) is 0 Å². The van der Waals surface area contributed by atoms with Crippen LogP contribution in [-0.4, -0.2) is 30.2 Å². The van der Waals surface area contributed by atoms with Crippen LogP contribution in [0.1, 0.15) is 0 Å². The van der Waals surface area contributed by atoms with Gasteiger partial charge >= 0.3 is 0 Å². The first-order valence-electron chi connectivity index (χ1n) is 5.96. The third-order valence-corrected chi connectivity index (χ3v) is 2.47. The number of anilines is 3. The van der Waals surface area contributed by atoms with Crippen LogP contribution in [0.3, 0.4) is 0 Å². The Hall–Kier alpha value is -2.28. The largest absolute Gasteiger partial charge is 0.383 e. The minimum absolute atomic E-state index is 0.408. The molecule has 0 radical (unpaired) electrons. The standard InChI is InChI=1S/C13H14F2N4O/c1-20-5-4-16-12-7-13(18-8-17-12)19-9-2-3-10(14)11(15)6-9/h2-3,6-8H,4-5H2,1H3,(H2,16,17,18,19). The minimum atomic E-state index is -0.914. The fourth-order valence-electron chi connectivity index (χ4n) is 1.53. The summed E-state index contributed by atoms with van der Waals surface area (Å²) in [6, 6.07) is 5.21. The van der Waals surface area contributed by atoms with Gasteiger partial charge in [-0.3, -0.25) is 0 Å². The number of hydrogen-bond donors (Lipinski definition) is 2. The molecule has 0 unspecified atom stereocenters. The van der Waals surface area contributed by atoms with E-state index in [9.17, 15) is 8.78 Å². The molecular weight excluding hydrogens is 266 g/mol. The highest BCUT2D eigenvalue weighted by atomic mass is 19.2. The predicted molar refractivity (Wildman–Crippen MR) is 72.0 cm³/mol. The molecule has 0 aliphatic heterocycles. The Kier molecular flexibility index (Phi) is 4.78. The van der Waals surface area contributed by atoms with Gasteiger partial charge < -0.3 is 15.4 Å². The van der Waals surface area contributed by atoms with E-state index >= 15 is 0 Å². The van der Waals surface area contributed by atoms with E-state index in [1.807, 2.05) is 0 Å². The summed E-state index contributed by atoms with van der Waals surface area (Å²) in [6.07, 6.45) is 1.37. The average Bonchev–Trinajstić information content (AvgIpc) is 2.44. The quantitative estimate of drug-likeness (QED) is 0.796. The van der Waals surface area contributed by atoms with Gasteiger partial charge in [-0.15, -0.1) is 0 Å². The van der Waals surface area contributed by atoms with Crippen LogP contribution in [-0.2, 0) is 4.74 Å². The van der Waals surface area contributed by atoms with Crippen LogP contribution in [0, 0.1) is 11.6 Å². The zero-order valence-electron chi connectivity index (χ0n) is 10.9. The van der Waals surface area contributed by atoms with Crippen molar-refractivity contribution in [1.29, 1.82) is 0 Å². The molecule has 7 heteroatoms. The normalized spacial score (nSPS) is 10.3. The van der Waals surface area contributed by atoms with Crippen molar-refractivity contribution in [1.82, 2.24) is 9.97 Å². The van der Waals surface area contributed by atoms with Crippen molar-refractivity contribution in [3.8, 4) is 0 Å². The van der Waals surface area contributed by atoms with Crippen molar-refractivity contribution < 1.29 is 13.5 Å². The van der Waals surface area contributed by atoms with Crippen molar-refractivity contribution >= 4 is 17.3 Å². The Bertz CT molecular complexity index is 580. The zero-order valence-corrected chi connectivity index (χ0v) is 10.9. The van der Waals surface area contributed by atoms with Crippen LogP contribution in [0.2, 0.25) is 0 Å². The lowest BCUT2D eigenvalue weighted by Crippen LogP contribution is -2.09. The maximum Gasteiger partial charge on any atom is 0.160 e. The van der Waals surface area contributed by atoms with E-state index in [4.69, 9.17) is 4.74 Å². The molecule has 0 saturated carbocycles. The number of hydrogen-bond acceptors (Lipinski definition) is 5. The van der Waals surface area contributed by atoms with E-state index in [2.05, 4.69) is 20.6 Å². The molecule has 2 N–H and O–H groups in total. The summed E-state index contributed by atoms with van der Waals surface area (Å²) in [5, 5.41) is 5.92. The summed E-state index contributed by atoms with van der Waals surface area (Å²) < 4.78 is 30.8. The Morgan fingerprint density at radius 2 is 1.90 bits per heavy atom. The van der Waals surface area contributed by atoms with Gasteiger partial charge in [0.1, 0.15) is 18.0 Å². The number of aromatic nitrogens is 2. The number of nitrogens with one attached hydrogen (secondary N) is 2. The fourth-order valence-corrected chi connectivity index (χ4v) is 1.53. The van der Waals surface area contributed by atoms with Crippen LogP contribution in [0.15, 0.2) is 30.6 Å². The molecule has 20 heavy (non-hydrogen) atoms. The number of nitrogens with zero attached hydrogens (tertiary/aromatic N) is 2. The lowest BCUT2D eigenvalue weighted by molar-refractivity contribution is 0.210. The Labute approximate surface area is 115 Å². The highest BCUT2D eigenvalue weighted by Gasteiger charge is 2.04. The molecular formula is C13H14F2N4O. The van der Waals surface area contributed by atoms with Gasteiger partial charge in [0.05, 0.1) is 6.61 Å². The minimum Gasteiger partial charge on any atom is -0.383 e. The van der Waals surface area contributed by atoms with Crippen molar-refractivity contribution in [2.45, 2.75) is 0 Å². The molecule has 1 aromatic carbocycles. The lowest BCUT2D eigenvalue weighted by atomic mass is 10.3. The molecule has 106 valence electrons. The third-order valence-electron chi connectivity index (χ3n) is 2.47. The summed E-state index contributed by atoms with van der Waals surface area (Å²) in [6.45, 7) is 1.16. The molecule has 0 aliphatic rings. The topological polar surface area (TPSA) is 59.1 Å². The Balaban J connectivity index is 2.05. The summed E-state index contributed by atoms with van der Waals surface area (Å²) in [5.74, 6) is -0.712. The molecule has 2 rings (SSSR count). The van der Waals surface area contributed by atoms with Crippen LogP contribution < -0.4 is 10.6 Å². The van der Waals surface area contributed by atoms with Crippen LogP contribution in [0.25, 0.3) is 0 Å². The molecule has 0 aliphatic carbocycles. The maximum absolute atomic E-state index is 13.1. The van der Waals surface area contributed by atoms with E-state index in [1.165, 1.54) is 12.4 Å². The van der Waals surface area contributed by atoms with Crippen LogP contribution >= 0.6 is 0 Å². The maximum atomic E-state index is 13.1. The second-order valence-electron chi connectivity index (χ2n) is 3.96. The summed E-state index contributed by atoms with van der Waals surface area (Å²) in [7, 11) is 1.61. The second-order valence-corrected chi connectivity index (χ2v) is 3.96. The SMILES string of the molecule is COCCNc1cc(Nc2ccc(F)c(F)c2)ncn1. The predicted octanol–water partition coefficient (Wildman–Crippen LogP) is 2.56. The summed E-state index contributed by atoms with van der Waals surface area (Å²) in [4.78, 5) is 8.04. The van der Waals surface area contributed by atoms with Gasteiger partial charge in [0, 0.05) is 31.5 Å². The lowest BCUT2D eigenvalue weighted by Gasteiger charge is -2.08. The highest BCUT2D eigenvalue weighted by molar-refractivity contribution is 5.58. The van der Waals surface area contributed by atoms with Crippen molar-refractivity contribution in [3.63, 3.8) is 0 Å². The fraction of sp³-hybridized carbons (Fsp3) is 0.231. The van der Waals surface area contributed by atoms with Gasteiger partial charge in [0.25, 0.3) is 0 Å². The molecule has 1 heterocycles. The number of ether oxygens (including phenoxy) is 1. The Morgan fingerprint density at radius 1 is 1.10 bits per heavy atom. The first kappa shape index (κ1) is 14.1. The molecule has 2 aromatic rings.